The standard InChI is InChI=1S/C6H10F3NO/c1-10-3-4(2-5(10)11)6(7,8)9/h4-5,11H,2-3H2,1H3. The average Bonchev–Trinajstić information content (AvgIpc) is 2.11. The molecule has 2 atom stereocenters. The van der Waals surface area contributed by atoms with Crippen molar-refractivity contribution in [3.05, 3.63) is 0 Å². The van der Waals surface area contributed by atoms with E-state index in [-0.39, 0.29) is 13.0 Å². The first-order chi connectivity index (χ1) is 4.91. The molecule has 1 fully saturated rings. The fraction of sp³-hybridized carbons (Fsp3) is 1.00. The molecule has 11 heavy (non-hydrogen) atoms. The van der Waals surface area contributed by atoms with Crippen LogP contribution in [0, 0.1) is 5.92 Å². The maximum Gasteiger partial charge on any atom is 0.393 e. The summed E-state index contributed by atoms with van der Waals surface area (Å²) >= 11 is 0. The molecule has 66 valence electrons. The van der Waals surface area contributed by atoms with Gasteiger partial charge in [-0.05, 0) is 13.5 Å². The van der Waals surface area contributed by atoms with Crippen LogP contribution < -0.4 is 0 Å². The third-order valence-corrected chi connectivity index (χ3v) is 1.98. The number of rotatable bonds is 0. The van der Waals surface area contributed by atoms with Gasteiger partial charge in [-0.2, -0.15) is 13.2 Å². The molecular formula is C6H10F3NO. The number of hydrogen-bond donors (Lipinski definition) is 1. The molecule has 0 aromatic carbocycles. The van der Waals surface area contributed by atoms with E-state index < -0.39 is 18.3 Å². The van der Waals surface area contributed by atoms with E-state index in [1.807, 2.05) is 0 Å². The molecule has 1 aliphatic heterocycles. The zero-order valence-electron chi connectivity index (χ0n) is 6.10. The van der Waals surface area contributed by atoms with E-state index >= 15 is 0 Å². The van der Waals surface area contributed by atoms with Crippen LogP contribution in [0.4, 0.5) is 13.2 Å². The minimum atomic E-state index is -4.16. The quantitative estimate of drug-likeness (QED) is 0.580. The zero-order valence-corrected chi connectivity index (χ0v) is 6.10. The van der Waals surface area contributed by atoms with Gasteiger partial charge in [-0.25, -0.2) is 0 Å². The van der Waals surface area contributed by atoms with Gasteiger partial charge in [0.25, 0.3) is 0 Å². The summed E-state index contributed by atoms with van der Waals surface area (Å²) in [5.41, 5.74) is 0. The van der Waals surface area contributed by atoms with Crippen LogP contribution in [0.15, 0.2) is 0 Å². The second-order valence-corrected chi connectivity index (χ2v) is 2.89. The average molecular weight is 169 g/mol. The van der Waals surface area contributed by atoms with Crippen LogP contribution in [0.25, 0.3) is 0 Å². The normalized spacial score (nSPS) is 34.6. The van der Waals surface area contributed by atoms with Crippen molar-refractivity contribution in [3.63, 3.8) is 0 Å². The van der Waals surface area contributed by atoms with Crippen LogP contribution >= 0.6 is 0 Å². The van der Waals surface area contributed by atoms with Gasteiger partial charge in [-0.1, -0.05) is 0 Å². The Labute approximate surface area is 62.6 Å². The Bertz CT molecular complexity index is 137. The van der Waals surface area contributed by atoms with Gasteiger partial charge >= 0.3 is 6.18 Å². The number of nitrogens with zero attached hydrogens (tertiary/aromatic N) is 1. The zero-order chi connectivity index (χ0) is 8.65. The first kappa shape index (κ1) is 8.80. The van der Waals surface area contributed by atoms with Crippen molar-refractivity contribution in [2.24, 2.45) is 5.92 Å². The molecule has 1 heterocycles. The summed E-state index contributed by atoms with van der Waals surface area (Å²) in [4.78, 5) is 1.30. The second-order valence-electron chi connectivity index (χ2n) is 2.89. The van der Waals surface area contributed by atoms with Crippen molar-refractivity contribution < 1.29 is 18.3 Å². The molecule has 0 aromatic heterocycles. The van der Waals surface area contributed by atoms with Crippen molar-refractivity contribution >= 4 is 0 Å². The minimum absolute atomic E-state index is 0.0926. The van der Waals surface area contributed by atoms with E-state index in [9.17, 15) is 13.2 Å². The molecule has 0 bridgehead atoms. The first-order valence-electron chi connectivity index (χ1n) is 3.36. The lowest BCUT2D eigenvalue weighted by Gasteiger charge is -2.13. The fourth-order valence-electron chi connectivity index (χ4n) is 1.22. The number of likely N-dealkylation sites (tertiary alicyclic amines) is 1. The third kappa shape index (κ3) is 1.84. The molecule has 0 aliphatic carbocycles. The van der Waals surface area contributed by atoms with E-state index in [0.717, 1.165) is 0 Å². The highest BCUT2D eigenvalue weighted by Gasteiger charge is 2.45. The summed E-state index contributed by atoms with van der Waals surface area (Å²) in [6, 6.07) is 0. The molecule has 1 N–H and O–H groups in total. The topological polar surface area (TPSA) is 23.5 Å². The molecule has 5 heteroatoms. The third-order valence-electron chi connectivity index (χ3n) is 1.98. The summed E-state index contributed by atoms with van der Waals surface area (Å²) in [7, 11) is 1.48. The van der Waals surface area contributed by atoms with Crippen LogP contribution in [0.2, 0.25) is 0 Å². The van der Waals surface area contributed by atoms with Crippen LogP contribution in [0.1, 0.15) is 6.42 Å². The summed E-state index contributed by atoms with van der Waals surface area (Å²) in [6.45, 7) is -0.0926. The van der Waals surface area contributed by atoms with Crippen LogP contribution in [-0.4, -0.2) is 36.0 Å². The SMILES string of the molecule is CN1CC(C(F)(F)F)CC1O. The predicted octanol–water partition coefficient (Wildman–Crippen LogP) is 0.819. The first-order valence-corrected chi connectivity index (χ1v) is 3.36. The molecule has 0 amide bonds. The molecule has 0 saturated carbocycles. The number of aliphatic hydroxyl groups excluding tert-OH is 1. The van der Waals surface area contributed by atoms with Crippen LogP contribution in [0.5, 0.6) is 0 Å². The summed E-state index contributed by atoms with van der Waals surface area (Å²) < 4.78 is 35.9. The van der Waals surface area contributed by atoms with E-state index in [2.05, 4.69) is 0 Å². The van der Waals surface area contributed by atoms with E-state index in [1.165, 1.54) is 11.9 Å². The Morgan fingerprint density at radius 3 is 2.18 bits per heavy atom. The van der Waals surface area contributed by atoms with E-state index in [1.54, 1.807) is 0 Å². The maximum atomic E-state index is 12.0. The van der Waals surface area contributed by atoms with E-state index in [4.69, 9.17) is 5.11 Å². The van der Waals surface area contributed by atoms with Crippen molar-refractivity contribution in [2.75, 3.05) is 13.6 Å². The van der Waals surface area contributed by atoms with E-state index in [0.29, 0.717) is 0 Å². The Balaban J connectivity index is 2.54. The lowest BCUT2D eigenvalue weighted by molar-refractivity contribution is -0.171. The Hall–Kier alpha value is -0.290. The Morgan fingerprint density at radius 2 is 2.00 bits per heavy atom. The molecule has 0 radical (unpaired) electrons. The highest BCUT2D eigenvalue weighted by atomic mass is 19.4. The molecule has 2 unspecified atom stereocenters. The van der Waals surface area contributed by atoms with Crippen molar-refractivity contribution in [2.45, 2.75) is 18.8 Å². The molecule has 0 spiro atoms. The Kier molecular flexibility index (Phi) is 2.11. The van der Waals surface area contributed by atoms with Gasteiger partial charge < -0.3 is 5.11 Å². The predicted molar refractivity (Wildman–Crippen MR) is 32.8 cm³/mol. The van der Waals surface area contributed by atoms with Gasteiger partial charge in [0.05, 0.1) is 5.92 Å². The van der Waals surface area contributed by atoms with Gasteiger partial charge in [0, 0.05) is 6.54 Å². The number of alkyl halides is 3. The molecule has 2 nitrogen and oxygen atoms in total. The van der Waals surface area contributed by atoms with Crippen LogP contribution in [-0.2, 0) is 0 Å². The molecule has 1 aliphatic rings. The number of aliphatic hydroxyl groups is 1. The second kappa shape index (κ2) is 2.64. The summed E-state index contributed by atoms with van der Waals surface area (Å²) in [5, 5.41) is 8.96. The maximum absolute atomic E-state index is 12.0. The van der Waals surface area contributed by atoms with Gasteiger partial charge in [0.15, 0.2) is 0 Å². The van der Waals surface area contributed by atoms with Crippen molar-refractivity contribution in [1.82, 2.24) is 4.90 Å². The number of hydrogen-bond acceptors (Lipinski definition) is 2. The largest absolute Gasteiger partial charge is 0.393 e. The fourth-order valence-corrected chi connectivity index (χ4v) is 1.22. The Morgan fingerprint density at radius 1 is 1.45 bits per heavy atom. The molecule has 1 rings (SSSR count). The summed E-state index contributed by atoms with van der Waals surface area (Å²) in [5.74, 6) is -1.36. The lowest BCUT2D eigenvalue weighted by atomic mass is 10.1. The molecular weight excluding hydrogens is 159 g/mol. The molecule has 1 saturated heterocycles. The summed E-state index contributed by atoms with van der Waals surface area (Å²) in [6.07, 6.45) is -5.28. The van der Waals surface area contributed by atoms with Gasteiger partial charge in [0.1, 0.15) is 6.23 Å². The smallest absolute Gasteiger partial charge is 0.378 e. The van der Waals surface area contributed by atoms with Crippen molar-refractivity contribution in [1.29, 1.82) is 0 Å². The van der Waals surface area contributed by atoms with Gasteiger partial charge in [-0.15, -0.1) is 0 Å². The van der Waals surface area contributed by atoms with Crippen LogP contribution in [0.3, 0.4) is 0 Å². The highest BCUT2D eigenvalue weighted by Crippen LogP contribution is 2.34. The lowest BCUT2D eigenvalue weighted by Crippen LogP contribution is -2.26. The monoisotopic (exact) mass is 169 g/mol. The minimum Gasteiger partial charge on any atom is -0.378 e. The van der Waals surface area contributed by atoms with Crippen molar-refractivity contribution in [3.8, 4) is 0 Å². The molecule has 0 aromatic rings. The highest BCUT2D eigenvalue weighted by molar-refractivity contribution is 4.81. The number of halogens is 3. The van der Waals surface area contributed by atoms with Gasteiger partial charge in [-0.3, -0.25) is 4.90 Å². The van der Waals surface area contributed by atoms with Gasteiger partial charge in [0.2, 0.25) is 0 Å².